The normalized spacial score (nSPS) is 12.6. The number of nitrogens with zero attached hydrogens (tertiary/aromatic N) is 3. The van der Waals surface area contributed by atoms with E-state index in [1.807, 2.05) is 49.4 Å². The third-order valence-corrected chi connectivity index (χ3v) is 6.57. The van der Waals surface area contributed by atoms with Gasteiger partial charge in [0.2, 0.25) is 0 Å². The molecule has 0 saturated carbocycles. The Hall–Kier alpha value is -4.59. The van der Waals surface area contributed by atoms with Crippen LogP contribution in [0.1, 0.15) is 37.4 Å². The molecule has 0 saturated heterocycles. The lowest BCUT2D eigenvalue weighted by molar-refractivity contribution is 0.0735. The van der Waals surface area contributed by atoms with Crippen LogP contribution >= 0.6 is 0 Å². The molecule has 2 heterocycles. The smallest absolute Gasteiger partial charge is 0.259 e. The molecule has 0 aliphatic carbocycles. The molecule has 1 aliphatic heterocycles. The van der Waals surface area contributed by atoms with E-state index in [0.29, 0.717) is 41.5 Å². The maximum atomic E-state index is 13.7. The summed E-state index contributed by atoms with van der Waals surface area (Å²) < 4.78 is 12.2. The van der Waals surface area contributed by atoms with E-state index in [9.17, 15) is 9.59 Å². The quantitative estimate of drug-likeness (QED) is 0.420. The summed E-state index contributed by atoms with van der Waals surface area (Å²) in [6.45, 7) is 3.10. The zero-order chi connectivity index (χ0) is 25.9. The van der Waals surface area contributed by atoms with Crippen molar-refractivity contribution in [1.29, 1.82) is 0 Å². The van der Waals surface area contributed by atoms with Gasteiger partial charge < -0.3 is 19.7 Å². The molecule has 1 aliphatic rings. The Labute approximate surface area is 215 Å². The lowest BCUT2D eigenvalue weighted by atomic mass is 9.99. The topological polar surface area (TPSA) is 85.7 Å². The van der Waals surface area contributed by atoms with E-state index in [2.05, 4.69) is 16.5 Å². The second kappa shape index (κ2) is 10.2. The lowest BCUT2D eigenvalue weighted by Gasteiger charge is -2.29. The van der Waals surface area contributed by atoms with Gasteiger partial charge in [-0.05, 0) is 54.8 Å². The van der Waals surface area contributed by atoms with Crippen molar-refractivity contribution in [2.75, 3.05) is 26.1 Å². The number of hydrogen-bond acceptors (Lipinski definition) is 5. The van der Waals surface area contributed by atoms with Gasteiger partial charge in [0.05, 0.1) is 26.1 Å². The van der Waals surface area contributed by atoms with Crippen LogP contribution in [0.3, 0.4) is 0 Å². The number of anilines is 1. The van der Waals surface area contributed by atoms with Crippen LogP contribution in [0.25, 0.3) is 5.69 Å². The first-order chi connectivity index (χ1) is 18.0. The molecule has 1 N–H and O–H groups in total. The zero-order valence-corrected chi connectivity index (χ0v) is 21.0. The van der Waals surface area contributed by atoms with Crippen LogP contribution in [0.15, 0.2) is 72.9 Å². The van der Waals surface area contributed by atoms with E-state index >= 15 is 0 Å². The van der Waals surface area contributed by atoms with Crippen LogP contribution in [0.2, 0.25) is 0 Å². The summed E-state index contributed by atoms with van der Waals surface area (Å²) in [5.74, 6) is 0.686. The van der Waals surface area contributed by atoms with E-state index in [1.165, 1.54) is 26.0 Å². The van der Waals surface area contributed by atoms with Gasteiger partial charge in [0.1, 0.15) is 11.4 Å². The Morgan fingerprint density at radius 3 is 2.38 bits per heavy atom. The number of carbonyl (C=O) groups is 2. The first kappa shape index (κ1) is 24.1. The fourth-order valence-electron chi connectivity index (χ4n) is 4.50. The summed E-state index contributed by atoms with van der Waals surface area (Å²) >= 11 is 0. The molecular formula is C29H28N4O4. The van der Waals surface area contributed by atoms with Gasteiger partial charge in [-0.15, -0.1) is 0 Å². The molecule has 0 fully saturated rings. The van der Waals surface area contributed by atoms with E-state index in [1.54, 1.807) is 27.8 Å². The first-order valence-corrected chi connectivity index (χ1v) is 12.0. The van der Waals surface area contributed by atoms with Crippen LogP contribution in [0.5, 0.6) is 11.5 Å². The Morgan fingerprint density at radius 1 is 0.919 bits per heavy atom. The highest BCUT2D eigenvalue weighted by Crippen LogP contribution is 2.29. The van der Waals surface area contributed by atoms with Gasteiger partial charge in [-0.2, -0.15) is 5.10 Å². The Kier molecular flexibility index (Phi) is 6.64. The predicted molar refractivity (Wildman–Crippen MR) is 141 cm³/mol. The van der Waals surface area contributed by atoms with Crippen LogP contribution in [-0.2, 0) is 13.0 Å². The molecule has 0 radical (unpaired) electrons. The largest absolute Gasteiger partial charge is 0.493 e. The van der Waals surface area contributed by atoms with Crippen molar-refractivity contribution < 1.29 is 19.1 Å². The van der Waals surface area contributed by atoms with Crippen molar-refractivity contribution in [3.63, 3.8) is 0 Å². The van der Waals surface area contributed by atoms with E-state index in [-0.39, 0.29) is 5.91 Å². The molecule has 0 spiro atoms. The summed E-state index contributed by atoms with van der Waals surface area (Å²) in [5, 5.41) is 7.43. The monoisotopic (exact) mass is 496 g/mol. The highest BCUT2D eigenvalue weighted by molar-refractivity contribution is 6.08. The average molecular weight is 497 g/mol. The SMILES string of the molecule is COc1ccc(C(=O)Nc2c(C(=O)N3CCc4ccccc4C3)cnn2-c2ccc(C)cc2)cc1OC. The molecule has 0 unspecified atom stereocenters. The molecule has 37 heavy (non-hydrogen) atoms. The molecule has 0 bridgehead atoms. The van der Waals surface area contributed by atoms with Crippen LogP contribution < -0.4 is 14.8 Å². The van der Waals surface area contributed by atoms with Gasteiger partial charge in [0.15, 0.2) is 11.5 Å². The van der Waals surface area contributed by atoms with Gasteiger partial charge in [-0.1, -0.05) is 42.0 Å². The maximum absolute atomic E-state index is 13.7. The van der Waals surface area contributed by atoms with Crippen LogP contribution in [0.4, 0.5) is 5.82 Å². The van der Waals surface area contributed by atoms with Crippen molar-refractivity contribution in [1.82, 2.24) is 14.7 Å². The summed E-state index contributed by atoms with van der Waals surface area (Å²) in [4.78, 5) is 28.9. The Morgan fingerprint density at radius 2 is 1.65 bits per heavy atom. The molecule has 0 atom stereocenters. The standard InChI is InChI=1S/C29H28N4O4/c1-19-8-11-23(12-9-19)33-27(31-28(34)21-10-13-25(36-2)26(16-21)37-3)24(17-30-33)29(35)32-15-14-20-6-4-5-7-22(20)18-32/h4-13,16-17H,14-15,18H2,1-3H3,(H,31,34). The predicted octanol–water partition coefficient (Wildman–Crippen LogP) is 4.65. The number of carbonyl (C=O) groups excluding carboxylic acids is 2. The molecular weight excluding hydrogens is 468 g/mol. The lowest BCUT2D eigenvalue weighted by Crippen LogP contribution is -2.36. The molecule has 8 nitrogen and oxygen atoms in total. The highest BCUT2D eigenvalue weighted by atomic mass is 16.5. The zero-order valence-electron chi connectivity index (χ0n) is 21.0. The Bertz CT molecular complexity index is 1460. The maximum Gasteiger partial charge on any atom is 0.259 e. The Balaban J connectivity index is 1.50. The number of methoxy groups -OCH3 is 2. The number of benzene rings is 3. The van der Waals surface area contributed by atoms with Crippen molar-refractivity contribution in [2.45, 2.75) is 19.9 Å². The van der Waals surface area contributed by atoms with E-state index in [0.717, 1.165) is 23.2 Å². The summed E-state index contributed by atoms with van der Waals surface area (Å²) in [7, 11) is 3.05. The number of amides is 2. The van der Waals surface area contributed by atoms with Crippen molar-refractivity contribution in [2.24, 2.45) is 0 Å². The summed E-state index contributed by atoms with van der Waals surface area (Å²) in [6.07, 6.45) is 2.30. The van der Waals surface area contributed by atoms with Crippen LogP contribution in [0, 0.1) is 6.92 Å². The summed E-state index contributed by atoms with van der Waals surface area (Å²) in [5.41, 5.74) is 4.90. The van der Waals surface area contributed by atoms with Gasteiger partial charge in [-0.25, -0.2) is 4.68 Å². The average Bonchev–Trinajstić information content (AvgIpc) is 3.35. The summed E-state index contributed by atoms with van der Waals surface area (Å²) in [6, 6.07) is 20.8. The molecule has 5 rings (SSSR count). The van der Waals surface area contributed by atoms with Crippen molar-refractivity contribution in [3.8, 4) is 17.2 Å². The molecule has 3 aromatic carbocycles. The minimum Gasteiger partial charge on any atom is -0.493 e. The van der Waals surface area contributed by atoms with Gasteiger partial charge in [-0.3, -0.25) is 9.59 Å². The number of ether oxygens (including phenoxy) is 2. The molecule has 4 aromatic rings. The van der Waals surface area contributed by atoms with E-state index in [4.69, 9.17) is 9.47 Å². The molecule has 2 amide bonds. The fourth-order valence-corrected chi connectivity index (χ4v) is 4.50. The number of aryl methyl sites for hydroxylation is 1. The highest BCUT2D eigenvalue weighted by Gasteiger charge is 2.27. The third kappa shape index (κ3) is 4.78. The number of nitrogens with one attached hydrogen (secondary N) is 1. The second-order valence-corrected chi connectivity index (χ2v) is 8.92. The molecule has 8 heteroatoms. The first-order valence-electron chi connectivity index (χ1n) is 12.0. The van der Waals surface area contributed by atoms with Crippen molar-refractivity contribution in [3.05, 3.63) is 101 Å². The minimum atomic E-state index is -0.396. The number of aromatic nitrogens is 2. The fraction of sp³-hybridized carbons (Fsp3) is 0.207. The van der Waals surface area contributed by atoms with E-state index < -0.39 is 5.91 Å². The van der Waals surface area contributed by atoms with Gasteiger partial charge >= 0.3 is 0 Å². The third-order valence-electron chi connectivity index (χ3n) is 6.57. The van der Waals surface area contributed by atoms with Crippen LogP contribution in [-0.4, -0.2) is 47.3 Å². The number of hydrogen-bond donors (Lipinski definition) is 1. The minimum absolute atomic E-state index is 0.185. The van der Waals surface area contributed by atoms with Gasteiger partial charge in [0, 0.05) is 18.7 Å². The molecule has 1 aromatic heterocycles. The second-order valence-electron chi connectivity index (χ2n) is 8.92. The molecule has 188 valence electrons. The van der Waals surface area contributed by atoms with Crippen molar-refractivity contribution >= 4 is 17.6 Å². The van der Waals surface area contributed by atoms with Gasteiger partial charge in [0.25, 0.3) is 11.8 Å². The number of fused-ring (bicyclic) bond motifs is 1. The number of rotatable bonds is 6.